The highest BCUT2D eigenvalue weighted by Crippen LogP contribution is 2.32. The number of amides is 2. The summed E-state index contributed by atoms with van der Waals surface area (Å²) in [6.45, 7) is 13.2. The largest absolute Gasteiger partial charge is 0.481 e. The summed E-state index contributed by atoms with van der Waals surface area (Å²) in [6.07, 6.45) is 4.86. The minimum Gasteiger partial charge on any atom is -0.481 e. The number of Topliss-reactive ketones (excluding diaryl/α,β-unsaturated/α-hetero) is 1. The van der Waals surface area contributed by atoms with Gasteiger partial charge in [-0.1, -0.05) is 77.8 Å². The number of piperidine rings is 1. The highest BCUT2D eigenvalue weighted by molar-refractivity contribution is 7.09. The normalized spacial score (nSPS) is 18.9. The summed E-state index contributed by atoms with van der Waals surface area (Å²) < 4.78 is 6.21. The molecule has 1 aromatic heterocycles. The molecule has 0 spiro atoms. The lowest BCUT2D eigenvalue weighted by Gasteiger charge is -2.37. The number of hydrogen-bond acceptors (Lipinski definition) is 8. The standard InChI is InChI=1S/C39H60N4O6S/c1-9-26(5)30(22-34(44)32-18-14-15-19-42(32)7)38(46)43(8)33(25(3)4)23-35(49-10-2)37-41-31(24-50-37)36(45)40-29(20-27(6)39(47)48)21-28-16-12-11-13-17-28/h11-13,16-17,24-27,29-30,32-33,35H,9-10,14-15,18-23H2,1-8H3,(H,40,45)(H,47,48)/t26-,27-,29+,30-,32+,33+,35+/m0/s1. The fourth-order valence-corrected chi connectivity index (χ4v) is 7.89. The van der Waals surface area contributed by atoms with Crippen molar-refractivity contribution >= 4 is 34.9 Å². The molecule has 2 aromatic rings. The molecule has 2 heterocycles. The number of nitrogens with one attached hydrogen (secondary N) is 1. The molecule has 50 heavy (non-hydrogen) atoms. The number of ether oxygens (including phenoxy) is 1. The number of hydrogen-bond donors (Lipinski definition) is 2. The molecular formula is C39H60N4O6S. The molecule has 10 nitrogen and oxygen atoms in total. The summed E-state index contributed by atoms with van der Waals surface area (Å²) in [5, 5.41) is 14.9. The van der Waals surface area contributed by atoms with Gasteiger partial charge >= 0.3 is 5.97 Å². The quantitative estimate of drug-likeness (QED) is 0.156. The topological polar surface area (TPSA) is 129 Å². The van der Waals surface area contributed by atoms with E-state index in [0.717, 1.165) is 37.8 Å². The zero-order chi connectivity index (χ0) is 37.0. The number of thiazole rings is 1. The predicted octanol–water partition coefficient (Wildman–Crippen LogP) is 6.65. The van der Waals surface area contributed by atoms with E-state index in [0.29, 0.717) is 24.5 Å². The first-order valence-electron chi connectivity index (χ1n) is 18.4. The number of carboxylic acid groups (broad SMARTS) is 1. The Kier molecular flexibility index (Phi) is 16.5. The number of aliphatic carboxylic acids is 1. The third kappa shape index (κ3) is 11.7. The Labute approximate surface area is 303 Å². The van der Waals surface area contributed by atoms with Gasteiger partial charge in [-0.2, -0.15) is 0 Å². The molecule has 0 unspecified atom stereocenters. The van der Waals surface area contributed by atoms with Gasteiger partial charge in [0.2, 0.25) is 5.91 Å². The first-order valence-corrected chi connectivity index (χ1v) is 19.3. The molecule has 0 aliphatic carbocycles. The molecule has 0 radical (unpaired) electrons. The van der Waals surface area contributed by atoms with E-state index in [1.54, 1.807) is 12.3 Å². The zero-order valence-electron chi connectivity index (χ0n) is 31.4. The number of likely N-dealkylation sites (tertiary alicyclic amines) is 1. The molecule has 1 aliphatic rings. The number of ketones is 1. The van der Waals surface area contributed by atoms with Gasteiger partial charge in [-0.05, 0) is 63.6 Å². The molecule has 1 aromatic carbocycles. The maximum Gasteiger partial charge on any atom is 0.306 e. The fourth-order valence-electron chi connectivity index (χ4n) is 7.03. The van der Waals surface area contributed by atoms with Gasteiger partial charge in [-0.25, -0.2) is 4.98 Å². The smallest absolute Gasteiger partial charge is 0.306 e. The Hall–Kier alpha value is -3.15. The number of carbonyl (C=O) groups excluding carboxylic acids is 3. The van der Waals surface area contributed by atoms with E-state index < -0.39 is 30.0 Å². The van der Waals surface area contributed by atoms with E-state index in [9.17, 15) is 24.3 Å². The van der Waals surface area contributed by atoms with Crippen molar-refractivity contribution in [1.29, 1.82) is 0 Å². The Morgan fingerprint density at radius 2 is 1.78 bits per heavy atom. The maximum atomic E-state index is 14.2. The number of rotatable bonds is 20. The van der Waals surface area contributed by atoms with Crippen LogP contribution < -0.4 is 5.32 Å². The molecule has 1 saturated heterocycles. The molecule has 3 rings (SSSR count). The SMILES string of the molecule is CCO[C@H](C[C@H](C(C)C)N(C)C(=O)[C@@H](CC(=O)[C@H]1CCCCN1C)[C@@H](C)CC)c1nc(C(=O)N[C@@H](Cc2ccccc2)C[C@H](C)C(=O)O)cs1. The molecule has 2 amide bonds. The number of carbonyl (C=O) groups is 4. The van der Waals surface area contributed by atoms with Gasteiger partial charge in [-0.15, -0.1) is 11.3 Å². The van der Waals surface area contributed by atoms with E-state index in [1.807, 2.05) is 56.3 Å². The van der Waals surface area contributed by atoms with Crippen LogP contribution in [0.25, 0.3) is 0 Å². The first kappa shape index (κ1) is 41.3. The van der Waals surface area contributed by atoms with Crippen molar-refractivity contribution in [2.24, 2.45) is 23.7 Å². The molecule has 1 aliphatic heterocycles. The van der Waals surface area contributed by atoms with Crippen LogP contribution in [0, 0.1) is 23.7 Å². The second-order valence-electron chi connectivity index (χ2n) is 14.5. The Balaban J connectivity index is 1.77. The van der Waals surface area contributed by atoms with Crippen molar-refractivity contribution in [3.8, 4) is 0 Å². The number of benzene rings is 1. The maximum absolute atomic E-state index is 14.2. The van der Waals surface area contributed by atoms with E-state index in [1.165, 1.54) is 11.3 Å². The van der Waals surface area contributed by atoms with Crippen molar-refractivity contribution in [3.05, 3.63) is 52.0 Å². The van der Waals surface area contributed by atoms with Crippen molar-refractivity contribution in [2.45, 2.75) is 117 Å². The van der Waals surface area contributed by atoms with Crippen molar-refractivity contribution < 1.29 is 29.0 Å². The predicted molar refractivity (Wildman–Crippen MR) is 198 cm³/mol. The van der Waals surface area contributed by atoms with Crippen molar-refractivity contribution in [1.82, 2.24) is 20.1 Å². The van der Waals surface area contributed by atoms with E-state index in [4.69, 9.17) is 9.72 Å². The highest BCUT2D eigenvalue weighted by Gasteiger charge is 2.37. The number of likely N-dealkylation sites (N-methyl/N-ethyl adjacent to an activating group) is 1. The van der Waals surface area contributed by atoms with Gasteiger partial charge in [0.1, 0.15) is 16.8 Å². The monoisotopic (exact) mass is 712 g/mol. The number of nitrogens with zero attached hydrogens (tertiary/aromatic N) is 3. The summed E-state index contributed by atoms with van der Waals surface area (Å²) in [5.74, 6) is -2.00. The molecule has 0 saturated carbocycles. The summed E-state index contributed by atoms with van der Waals surface area (Å²) in [6, 6.07) is 8.98. The molecule has 7 atom stereocenters. The molecule has 0 bridgehead atoms. The van der Waals surface area contributed by atoms with Crippen LogP contribution in [0.4, 0.5) is 0 Å². The van der Waals surface area contributed by atoms with Gasteiger partial charge in [-0.3, -0.25) is 24.1 Å². The van der Waals surface area contributed by atoms with Crippen molar-refractivity contribution in [3.63, 3.8) is 0 Å². The zero-order valence-corrected chi connectivity index (χ0v) is 32.2. The Morgan fingerprint density at radius 1 is 1.08 bits per heavy atom. The average Bonchev–Trinajstić information content (AvgIpc) is 3.59. The second kappa shape index (κ2) is 20.0. The molecular weight excluding hydrogens is 653 g/mol. The van der Waals surface area contributed by atoms with Gasteiger partial charge in [0, 0.05) is 49.9 Å². The lowest BCUT2D eigenvalue weighted by molar-refractivity contribution is -0.143. The van der Waals surface area contributed by atoms with Crippen LogP contribution in [0.2, 0.25) is 0 Å². The lowest BCUT2D eigenvalue weighted by Crippen LogP contribution is -2.48. The van der Waals surface area contributed by atoms with Gasteiger partial charge in [0.05, 0.1) is 12.0 Å². The second-order valence-corrected chi connectivity index (χ2v) is 15.4. The Morgan fingerprint density at radius 3 is 2.38 bits per heavy atom. The van der Waals surface area contributed by atoms with E-state index >= 15 is 0 Å². The molecule has 2 N–H and O–H groups in total. The molecule has 11 heteroatoms. The van der Waals surface area contributed by atoms with Crippen LogP contribution in [0.1, 0.15) is 114 Å². The van der Waals surface area contributed by atoms with Crippen LogP contribution in [0.5, 0.6) is 0 Å². The third-order valence-corrected chi connectivity index (χ3v) is 11.3. The van der Waals surface area contributed by atoms with Crippen LogP contribution in [-0.2, 0) is 25.5 Å². The van der Waals surface area contributed by atoms with Crippen LogP contribution in [0.3, 0.4) is 0 Å². The van der Waals surface area contributed by atoms with Gasteiger partial charge in [0.25, 0.3) is 5.91 Å². The van der Waals surface area contributed by atoms with Crippen LogP contribution >= 0.6 is 11.3 Å². The Bertz CT molecular complexity index is 1380. The third-order valence-electron chi connectivity index (χ3n) is 10.4. The van der Waals surface area contributed by atoms with Crippen molar-refractivity contribution in [2.75, 3.05) is 27.2 Å². The minimum atomic E-state index is -0.908. The van der Waals surface area contributed by atoms with Crippen LogP contribution in [-0.4, -0.2) is 88.8 Å². The molecule has 1 fully saturated rings. The highest BCUT2D eigenvalue weighted by atomic mass is 32.1. The van der Waals surface area contributed by atoms with E-state index in [2.05, 4.69) is 37.9 Å². The number of aromatic nitrogens is 1. The summed E-state index contributed by atoms with van der Waals surface area (Å²) in [7, 11) is 3.85. The van der Waals surface area contributed by atoms with Gasteiger partial charge in [0.15, 0.2) is 5.78 Å². The minimum absolute atomic E-state index is 0.0145. The molecule has 278 valence electrons. The lowest BCUT2D eigenvalue weighted by atomic mass is 9.83. The first-order chi connectivity index (χ1) is 23.8. The summed E-state index contributed by atoms with van der Waals surface area (Å²) in [5.41, 5.74) is 1.26. The summed E-state index contributed by atoms with van der Waals surface area (Å²) in [4.78, 5) is 61.5. The summed E-state index contributed by atoms with van der Waals surface area (Å²) >= 11 is 1.35. The number of carboxylic acids is 1. The fraction of sp³-hybridized carbons (Fsp3) is 0.667. The average molecular weight is 713 g/mol. The van der Waals surface area contributed by atoms with Crippen LogP contribution in [0.15, 0.2) is 35.7 Å². The van der Waals surface area contributed by atoms with Gasteiger partial charge < -0.3 is 20.1 Å². The van der Waals surface area contributed by atoms with E-state index in [-0.39, 0.29) is 60.1 Å².